The number of aromatic nitrogens is 2. The lowest BCUT2D eigenvalue weighted by atomic mass is 10.7. The molecule has 3 nitrogen and oxygen atoms in total. The van der Waals surface area contributed by atoms with Crippen LogP contribution in [0, 0.1) is 0 Å². The van der Waals surface area contributed by atoms with E-state index in [-0.39, 0.29) is 6.15 Å². The van der Waals surface area contributed by atoms with E-state index in [9.17, 15) is 0 Å². The molecule has 0 aromatic carbocycles. The Bertz CT molecular complexity index is 149. The number of rotatable bonds is 0. The molecule has 0 aliphatic rings. The molecule has 5 N–H and O–H groups in total. The van der Waals surface area contributed by atoms with Gasteiger partial charge < -0.3 is 16.1 Å². The Balaban J connectivity index is 0.000000167. The molecule has 0 fully saturated rings. The van der Waals surface area contributed by atoms with E-state index in [0.717, 1.165) is 0 Å². The van der Waals surface area contributed by atoms with Gasteiger partial charge in [-0.2, -0.15) is 0 Å². The Hall–Kier alpha value is -1.48. The summed E-state index contributed by atoms with van der Waals surface area (Å²) in [6.07, 6.45) is 7.50. The van der Waals surface area contributed by atoms with Crippen LogP contribution in [0.25, 0.3) is 0 Å². The molecule has 0 unspecified atom stereocenters. The van der Waals surface area contributed by atoms with Crippen molar-refractivity contribution in [2.45, 2.75) is 0 Å². The second-order valence-corrected chi connectivity index (χ2v) is 1.77. The Morgan fingerprint density at radius 2 is 0.818 bits per heavy atom. The number of aromatic amines is 2. The molecule has 0 bridgehead atoms. The highest BCUT2D eigenvalue weighted by atomic mass is 14.6. The van der Waals surface area contributed by atoms with Crippen molar-refractivity contribution >= 4 is 0 Å². The van der Waals surface area contributed by atoms with Crippen LogP contribution in [0.1, 0.15) is 0 Å². The van der Waals surface area contributed by atoms with E-state index in [1.165, 1.54) is 0 Å². The summed E-state index contributed by atoms with van der Waals surface area (Å²) in [5, 5.41) is 0. The Morgan fingerprint density at radius 1 is 0.545 bits per heavy atom. The predicted molar refractivity (Wildman–Crippen MR) is 46.6 cm³/mol. The van der Waals surface area contributed by atoms with Crippen molar-refractivity contribution in [1.82, 2.24) is 16.1 Å². The Labute approximate surface area is 66.0 Å². The predicted octanol–water partition coefficient (Wildman–Crippen LogP) is 2.19. The average Bonchev–Trinajstić information content (AvgIpc) is 2.67. The molecule has 2 rings (SSSR count). The molecule has 0 spiro atoms. The van der Waals surface area contributed by atoms with E-state index in [0.29, 0.717) is 0 Å². The lowest BCUT2D eigenvalue weighted by Gasteiger charge is -1.49. The first kappa shape index (κ1) is 9.52. The molecule has 0 radical (unpaired) electrons. The molecule has 3 heteroatoms. The van der Waals surface area contributed by atoms with E-state index in [1.807, 2.05) is 49.1 Å². The van der Waals surface area contributed by atoms with Gasteiger partial charge in [-0.15, -0.1) is 0 Å². The van der Waals surface area contributed by atoms with Crippen LogP contribution in [0.3, 0.4) is 0 Å². The maximum Gasteiger partial charge on any atom is 0.000496 e. The smallest absolute Gasteiger partial charge is 0.000496 e. The van der Waals surface area contributed by atoms with Crippen LogP contribution in [0.2, 0.25) is 0 Å². The van der Waals surface area contributed by atoms with E-state index < -0.39 is 0 Å². The van der Waals surface area contributed by atoms with Gasteiger partial charge in [-0.1, -0.05) is 0 Å². The zero-order valence-electron chi connectivity index (χ0n) is 6.33. The molecule has 0 amide bonds. The van der Waals surface area contributed by atoms with Crippen molar-refractivity contribution in [3.8, 4) is 0 Å². The first-order chi connectivity index (χ1) is 5.00. The van der Waals surface area contributed by atoms with Gasteiger partial charge in [0.15, 0.2) is 0 Å². The standard InChI is InChI=1S/2C4H5N.H3N/c2*1-2-4-5-3-1;/h2*1-5H;1H3. The largest absolute Gasteiger partial charge is 0.368 e. The molecule has 0 aliphatic heterocycles. The molecule has 2 heterocycles. The molecule has 0 atom stereocenters. The number of hydrogen-bond donors (Lipinski definition) is 3. The van der Waals surface area contributed by atoms with E-state index in [4.69, 9.17) is 0 Å². The van der Waals surface area contributed by atoms with Gasteiger partial charge in [-0.3, -0.25) is 0 Å². The second-order valence-electron chi connectivity index (χ2n) is 1.77. The summed E-state index contributed by atoms with van der Waals surface area (Å²) in [5.74, 6) is 0. The van der Waals surface area contributed by atoms with E-state index >= 15 is 0 Å². The number of hydrogen-bond acceptors (Lipinski definition) is 1. The molecule has 0 aliphatic carbocycles. The molecule has 0 saturated heterocycles. The first-order valence-electron chi connectivity index (χ1n) is 3.15. The molecular formula is C8H13N3. The normalized spacial score (nSPS) is 7.27. The van der Waals surface area contributed by atoms with Crippen LogP contribution >= 0.6 is 0 Å². The maximum absolute atomic E-state index is 2.86. The fraction of sp³-hybridized carbons (Fsp3) is 0. The quantitative estimate of drug-likeness (QED) is 0.530. The zero-order valence-corrected chi connectivity index (χ0v) is 6.33. The van der Waals surface area contributed by atoms with Gasteiger partial charge in [-0.25, -0.2) is 0 Å². The zero-order chi connectivity index (χ0) is 7.07. The SMILES string of the molecule is N.c1cc[nH]c1.c1cc[nH]c1. The molecule has 2 aromatic heterocycles. The van der Waals surface area contributed by atoms with Crippen LogP contribution in [0.15, 0.2) is 49.1 Å². The van der Waals surface area contributed by atoms with Crippen LogP contribution in [-0.4, -0.2) is 9.97 Å². The Morgan fingerprint density at radius 3 is 0.909 bits per heavy atom. The summed E-state index contributed by atoms with van der Waals surface area (Å²) in [5.41, 5.74) is 0. The van der Waals surface area contributed by atoms with E-state index in [1.54, 1.807) is 0 Å². The van der Waals surface area contributed by atoms with Crippen LogP contribution < -0.4 is 6.15 Å². The lowest BCUT2D eigenvalue weighted by Crippen LogP contribution is -1.38. The molecular weight excluding hydrogens is 138 g/mol. The summed E-state index contributed by atoms with van der Waals surface area (Å²) in [6.45, 7) is 0. The van der Waals surface area contributed by atoms with Crippen LogP contribution in [0.5, 0.6) is 0 Å². The third kappa shape index (κ3) is 4.99. The highest BCUT2D eigenvalue weighted by Gasteiger charge is 1.56. The maximum atomic E-state index is 2.86. The minimum Gasteiger partial charge on any atom is -0.368 e. The molecule has 11 heavy (non-hydrogen) atoms. The van der Waals surface area contributed by atoms with E-state index in [2.05, 4.69) is 9.97 Å². The van der Waals surface area contributed by atoms with Gasteiger partial charge in [0.1, 0.15) is 0 Å². The van der Waals surface area contributed by atoms with Crippen molar-refractivity contribution in [2.75, 3.05) is 0 Å². The number of H-pyrrole nitrogens is 2. The molecule has 0 saturated carbocycles. The first-order valence-corrected chi connectivity index (χ1v) is 3.15. The minimum absolute atomic E-state index is 0. The summed E-state index contributed by atoms with van der Waals surface area (Å²) < 4.78 is 0. The van der Waals surface area contributed by atoms with Gasteiger partial charge in [0, 0.05) is 24.8 Å². The Kier molecular flexibility index (Phi) is 5.74. The average molecular weight is 151 g/mol. The third-order valence-electron chi connectivity index (χ3n) is 0.992. The highest BCUT2D eigenvalue weighted by molar-refractivity contribution is 4.85. The van der Waals surface area contributed by atoms with Gasteiger partial charge in [0.2, 0.25) is 0 Å². The fourth-order valence-corrected chi connectivity index (χ4v) is 0.556. The summed E-state index contributed by atoms with van der Waals surface area (Å²) in [6, 6.07) is 7.78. The van der Waals surface area contributed by atoms with Gasteiger partial charge in [-0.05, 0) is 24.3 Å². The van der Waals surface area contributed by atoms with Gasteiger partial charge in [0.25, 0.3) is 0 Å². The fourth-order valence-electron chi connectivity index (χ4n) is 0.556. The minimum atomic E-state index is 0. The van der Waals surface area contributed by atoms with Crippen LogP contribution in [0.4, 0.5) is 0 Å². The van der Waals surface area contributed by atoms with Gasteiger partial charge >= 0.3 is 0 Å². The topological polar surface area (TPSA) is 66.6 Å². The summed E-state index contributed by atoms with van der Waals surface area (Å²) >= 11 is 0. The molecule has 60 valence electrons. The van der Waals surface area contributed by atoms with Crippen molar-refractivity contribution in [3.63, 3.8) is 0 Å². The lowest BCUT2D eigenvalue weighted by molar-refractivity contribution is 1.41. The summed E-state index contributed by atoms with van der Waals surface area (Å²) in [7, 11) is 0. The van der Waals surface area contributed by atoms with Gasteiger partial charge in [0.05, 0.1) is 0 Å². The molecule has 2 aromatic rings. The number of nitrogens with one attached hydrogen (secondary N) is 2. The van der Waals surface area contributed by atoms with Crippen molar-refractivity contribution in [1.29, 1.82) is 0 Å². The highest BCUT2D eigenvalue weighted by Crippen LogP contribution is 1.72. The third-order valence-corrected chi connectivity index (χ3v) is 0.992. The van der Waals surface area contributed by atoms with Crippen molar-refractivity contribution in [3.05, 3.63) is 49.1 Å². The van der Waals surface area contributed by atoms with Crippen LogP contribution in [-0.2, 0) is 0 Å². The summed E-state index contributed by atoms with van der Waals surface area (Å²) in [4.78, 5) is 5.72. The second kappa shape index (κ2) is 6.64. The van der Waals surface area contributed by atoms with Crippen molar-refractivity contribution < 1.29 is 0 Å². The monoisotopic (exact) mass is 151 g/mol. The van der Waals surface area contributed by atoms with Crippen molar-refractivity contribution in [2.24, 2.45) is 0 Å².